The van der Waals surface area contributed by atoms with Crippen molar-refractivity contribution < 1.29 is 9.59 Å². The van der Waals surface area contributed by atoms with Crippen molar-refractivity contribution >= 4 is 11.8 Å². The van der Waals surface area contributed by atoms with Crippen LogP contribution in [0.3, 0.4) is 0 Å². The smallest absolute Gasteiger partial charge is 0.274 e. The molecule has 27 heavy (non-hydrogen) atoms. The molecule has 1 saturated heterocycles. The van der Waals surface area contributed by atoms with E-state index < -0.39 is 0 Å². The second-order valence-corrected chi connectivity index (χ2v) is 7.06. The molecule has 140 valence electrons. The maximum atomic E-state index is 13.0. The van der Waals surface area contributed by atoms with Gasteiger partial charge in [0.05, 0.1) is 23.5 Å². The summed E-state index contributed by atoms with van der Waals surface area (Å²) in [6, 6.07) is -0.0229. The number of carbonyl (C=O) groups excluding carboxylic acids is 2. The molecule has 1 N–H and O–H groups in total. The van der Waals surface area contributed by atoms with E-state index in [1.54, 1.807) is 24.2 Å². The van der Waals surface area contributed by atoms with E-state index in [0.717, 1.165) is 32.1 Å². The maximum Gasteiger partial charge on any atom is 0.274 e. The van der Waals surface area contributed by atoms with Crippen molar-refractivity contribution in [3.63, 3.8) is 0 Å². The van der Waals surface area contributed by atoms with Gasteiger partial charge in [-0.1, -0.05) is 0 Å². The number of nitrogens with zero attached hydrogens (tertiary/aromatic N) is 5. The molecule has 4 rings (SSSR count). The van der Waals surface area contributed by atoms with Gasteiger partial charge in [0.2, 0.25) is 0 Å². The van der Waals surface area contributed by atoms with Gasteiger partial charge in [-0.25, -0.2) is 15.0 Å². The van der Waals surface area contributed by atoms with Gasteiger partial charge in [-0.3, -0.25) is 14.6 Å². The summed E-state index contributed by atoms with van der Waals surface area (Å²) in [5, 5.41) is 3.00. The van der Waals surface area contributed by atoms with Crippen LogP contribution in [0.5, 0.6) is 0 Å². The van der Waals surface area contributed by atoms with Crippen LogP contribution in [0, 0.1) is 6.92 Å². The second-order valence-electron chi connectivity index (χ2n) is 7.06. The van der Waals surface area contributed by atoms with Crippen LogP contribution < -0.4 is 5.32 Å². The Bertz CT molecular complexity index is 853. The summed E-state index contributed by atoms with van der Waals surface area (Å²) in [4.78, 5) is 44.4. The fourth-order valence-electron chi connectivity index (χ4n) is 3.42. The van der Waals surface area contributed by atoms with Gasteiger partial charge in [-0.2, -0.15) is 0 Å². The van der Waals surface area contributed by atoms with E-state index in [2.05, 4.69) is 25.3 Å². The third-order valence-corrected chi connectivity index (χ3v) is 4.96. The molecule has 8 heteroatoms. The molecule has 1 unspecified atom stereocenters. The van der Waals surface area contributed by atoms with Gasteiger partial charge >= 0.3 is 0 Å². The summed E-state index contributed by atoms with van der Waals surface area (Å²) in [6.45, 7) is 2.40. The molecule has 0 spiro atoms. The summed E-state index contributed by atoms with van der Waals surface area (Å²) < 4.78 is 0. The quantitative estimate of drug-likeness (QED) is 0.886. The van der Waals surface area contributed by atoms with Gasteiger partial charge in [0, 0.05) is 31.2 Å². The van der Waals surface area contributed by atoms with E-state index in [1.165, 1.54) is 12.4 Å². The zero-order valence-corrected chi connectivity index (χ0v) is 15.3. The average molecular weight is 366 g/mol. The first-order chi connectivity index (χ1) is 13.1. The zero-order chi connectivity index (χ0) is 18.8. The molecule has 1 aliphatic carbocycles. The SMILES string of the molecule is Cc1ncc(C(=O)NC2CC2)c(C2CCCCN2C(=O)c2cnccn2)n1. The molecule has 0 bridgehead atoms. The fourth-order valence-corrected chi connectivity index (χ4v) is 3.42. The molecular formula is C19H22N6O2. The summed E-state index contributed by atoms with van der Waals surface area (Å²) >= 11 is 0. The minimum absolute atomic E-state index is 0.162. The highest BCUT2D eigenvalue weighted by molar-refractivity contribution is 5.96. The molecule has 1 atom stereocenters. The summed E-state index contributed by atoms with van der Waals surface area (Å²) in [5.74, 6) is 0.244. The largest absolute Gasteiger partial charge is 0.349 e. The van der Waals surface area contributed by atoms with E-state index >= 15 is 0 Å². The van der Waals surface area contributed by atoms with Crippen molar-refractivity contribution in [1.29, 1.82) is 0 Å². The van der Waals surface area contributed by atoms with Gasteiger partial charge in [-0.05, 0) is 39.0 Å². The first-order valence-corrected chi connectivity index (χ1v) is 9.35. The maximum absolute atomic E-state index is 13.0. The highest BCUT2D eigenvalue weighted by atomic mass is 16.2. The lowest BCUT2D eigenvalue weighted by Gasteiger charge is -2.35. The predicted octanol–water partition coefficient (Wildman–Crippen LogP) is 1.83. The number of likely N-dealkylation sites (tertiary alicyclic amines) is 1. The van der Waals surface area contributed by atoms with Crippen LogP contribution in [0.15, 0.2) is 24.8 Å². The Balaban J connectivity index is 1.68. The number of hydrogen-bond donors (Lipinski definition) is 1. The second kappa shape index (κ2) is 7.38. The molecule has 2 aromatic rings. The summed E-state index contributed by atoms with van der Waals surface area (Å²) in [6.07, 6.45) is 10.8. The van der Waals surface area contributed by atoms with E-state index in [4.69, 9.17) is 0 Å². The number of nitrogens with one attached hydrogen (secondary N) is 1. The Morgan fingerprint density at radius 1 is 1.11 bits per heavy atom. The van der Waals surface area contributed by atoms with Crippen LogP contribution in [0.4, 0.5) is 0 Å². The Labute approximate surface area is 157 Å². The van der Waals surface area contributed by atoms with Crippen LogP contribution in [-0.4, -0.2) is 49.2 Å². The van der Waals surface area contributed by atoms with Gasteiger partial charge in [-0.15, -0.1) is 0 Å². The van der Waals surface area contributed by atoms with Crippen molar-refractivity contribution in [2.24, 2.45) is 0 Å². The molecule has 2 aliphatic rings. The lowest BCUT2D eigenvalue weighted by Crippen LogP contribution is -2.40. The monoisotopic (exact) mass is 366 g/mol. The van der Waals surface area contributed by atoms with E-state index in [9.17, 15) is 9.59 Å². The van der Waals surface area contributed by atoms with Crippen molar-refractivity contribution in [3.8, 4) is 0 Å². The average Bonchev–Trinajstić information content (AvgIpc) is 3.52. The Kier molecular flexibility index (Phi) is 4.79. The van der Waals surface area contributed by atoms with Crippen molar-refractivity contribution in [2.45, 2.75) is 51.1 Å². The van der Waals surface area contributed by atoms with E-state index in [0.29, 0.717) is 29.3 Å². The standard InChI is InChI=1S/C19H22N6O2/c1-12-22-10-14(18(26)24-13-5-6-13)17(23-12)16-4-2-3-9-25(16)19(27)15-11-20-7-8-21-15/h7-8,10-11,13,16H,2-6,9H2,1H3,(H,24,26). The van der Waals surface area contributed by atoms with Crippen LogP contribution >= 0.6 is 0 Å². The number of hydrogen-bond acceptors (Lipinski definition) is 6. The molecule has 2 aromatic heterocycles. The van der Waals surface area contributed by atoms with Crippen molar-refractivity contribution in [2.75, 3.05) is 6.54 Å². The number of rotatable bonds is 4. The minimum atomic E-state index is -0.269. The zero-order valence-electron chi connectivity index (χ0n) is 15.3. The van der Waals surface area contributed by atoms with E-state index in [-0.39, 0.29) is 23.9 Å². The molecule has 1 saturated carbocycles. The van der Waals surface area contributed by atoms with Crippen LogP contribution in [0.25, 0.3) is 0 Å². The van der Waals surface area contributed by atoms with Gasteiger partial charge < -0.3 is 10.2 Å². The van der Waals surface area contributed by atoms with Crippen molar-refractivity contribution in [3.05, 3.63) is 47.6 Å². The Morgan fingerprint density at radius 2 is 1.96 bits per heavy atom. The first kappa shape index (κ1) is 17.5. The summed E-state index contributed by atoms with van der Waals surface area (Å²) in [7, 11) is 0. The lowest BCUT2D eigenvalue weighted by molar-refractivity contribution is 0.0595. The Morgan fingerprint density at radius 3 is 2.70 bits per heavy atom. The molecule has 0 radical (unpaired) electrons. The predicted molar refractivity (Wildman–Crippen MR) is 96.9 cm³/mol. The molecular weight excluding hydrogens is 344 g/mol. The third kappa shape index (κ3) is 3.79. The van der Waals surface area contributed by atoms with Crippen LogP contribution in [0.2, 0.25) is 0 Å². The number of amides is 2. The molecule has 2 amide bonds. The van der Waals surface area contributed by atoms with Crippen LogP contribution in [-0.2, 0) is 0 Å². The number of aromatic nitrogens is 4. The van der Waals surface area contributed by atoms with Crippen molar-refractivity contribution in [1.82, 2.24) is 30.2 Å². The fraction of sp³-hybridized carbons (Fsp3) is 0.474. The highest BCUT2D eigenvalue weighted by Crippen LogP contribution is 2.33. The molecule has 1 aliphatic heterocycles. The van der Waals surface area contributed by atoms with Crippen LogP contribution in [0.1, 0.15) is 70.5 Å². The summed E-state index contributed by atoms with van der Waals surface area (Å²) in [5.41, 5.74) is 1.38. The molecule has 8 nitrogen and oxygen atoms in total. The number of carbonyl (C=O) groups is 2. The highest BCUT2D eigenvalue weighted by Gasteiger charge is 2.34. The van der Waals surface area contributed by atoms with Gasteiger partial charge in [0.1, 0.15) is 11.5 Å². The number of aryl methyl sites for hydroxylation is 1. The van der Waals surface area contributed by atoms with Gasteiger partial charge in [0.15, 0.2) is 0 Å². The normalized spacial score (nSPS) is 19.6. The molecule has 2 fully saturated rings. The topological polar surface area (TPSA) is 101 Å². The third-order valence-electron chi connectivity index (χ3n) is 4.96. The Hall–Kier alpha value is -2.90. The van der Waals surface area contributed by atoms with E-state index in [1.807, 2.05) is 0 Å². The lowest BCUT2D eigenvalue weighted by atomic mass is 9.95. The number of piperidine rings is 1. The first-order valence-electron chi connectivity index (χ1n) is 9.35. The van der Waals surface area contributed by atoms with Gasteiger partial charge in [0.25, 0.3) is 11.8 Å². The minimum Gasteiger partial charge on any atom is -0.349 e. The molecule has 0 aromatic carbocycles. The molecule has 3 heterocycles.